The number of nitrogen functional groups attached to an aromatic ring is 1. The van der Waals surface area contributed by atoms with Crippen LogP contribution in [0.2, 0.25) is 0 Å². The van der Waals surface area contributed by atoms with E-state index < -0.39 is 5.51 Å². The van der Waals surface area contributed by atoms with Crippen LogP contribution in [0.3, 0.4) is 0 Å². The van der Waals surface area contributed by atoms with Gasteiger partial charge in [-0.1, -0.05) is 6.92 Å². The minimum absolute atomic E-state index is 0.0470. The number of halogens is 3. The summed E-state index contributed by atoms with van der Waals surface area (Å²) in [7, 11) is 0. The number of ether oxygens (including phenoxy) is 1. The molecule has 0 aliphatic carbocycles. The van der Waals surface area contributed by atoms with Crippen LogP contribution < -0.4 is 21.3 Å². The van der Waals surface area contributed by atoms with Crippen molar-refractivity contribution in [2.45, 2.75) is 18.9 Å². The average molecular weight is 312 g/mol. The van der Waals surface area contributed by atoms with E-state index in [9.17, 15) is 13.2 Å². The molecule has 0 aliphatic heterocycles. The highest BCUT2D eigenvalue weighted by Crippen LogP contribution is 2.29. The number of hydrazine groups is 1. The number of alkyl halides is 3. The summed E-state index contributed by atoms with van der Waals surface area (Å²) in [6.45, 7) is 2.37. The number of aromatic nitrogens is 3. The van der Waals surface area contributed by atoms with Gasteiger partial charge in [0.1, 0.15) is 0 Å². The first-order valence-electron chi connectivity index (χ1n) is 5.74. The summed E-state index contributed by atoms with van der Waals surface area (Å²) >= 11 is -0.124. The molecule has 1 aromatic heterocycles. The molecule has 1 rings (SSSR count). The molecule has 0 fully saturated rings. The zero-order valence-corrected chi connectivity index (χ0v) is 11.5. The Morgan fingerprint density at radius 2 is 1.95 bits per heavy atom. The van der Waals surface area contributed by atoms with E-state index in [1.165, 1.54) is 0 Å². The van der Waals surface area contributed by atoms with Gasteiger partial charge < -0.3 is 10.1 Å². The minimum Gasteiger partial charge on any atom is -0.463 e. The van der Waals surface area contributed by atoms with Crippen LogP contribution in [-0.4, -0.2) is 39.4 Å². The zero-order chi connectivity index (χ0) is 15.0. The third-order valence-corrected chi connectivity index (χ3v) is 2.57. The third kappa shape index (κ3) is 6.61. The Hall–Kier alpha value is -1.49. The fourth-order valence-electron chi connectivity index (χ4n) is 1.09. The van der Waals surface area contributed by atoms with Crippen molar-refractivity contribution >= 4 is 23.7 Å². The first-order valence-corrected chi connectivity index (χ1v) is 6.73. The fourth-order valence-corrected chi connectivity index (χ4v) is 1.52. The van der Waals surface area contributed by atoms with Crippen molar-refractivity contribution in [2.75, 3.05) is 29.6 Å². The number of thioether (sulfide) groups is 1. The molecule has 0 spiro atoms. The Morgan fingerprint density at radius 1 is 1.25 bits per heavy atom. The van der Waals surface area contributed by atoms with Gasteiger partial charge in [-0.05, 0) is 18.2 Å². The number of nitrogens with one attached hydrogen (secondary N) is 2. The van der Waals surface area contributed by atoms with E-state index in [1.807, 2.05) is 6.92 Å². The van der Waals surface area contributed by atoms with Gasteiger partial charge in [0.05, 0.1) is 6.61 Å². The highest BCUT2D eigenvalue weighted by atomic mass is 32.2. The Morgan fingerprint density at radius 3 is 2.55 bits per heavy atom. The lowest BCUT2D eigenvalue weighted by molar-refractivity contribution is -0.0327. The van der Waals surface area contributed by atoms with Crippen molar-refractivity contribution < 1.29 is 17.9 Å². The molecule has 11 heteroatoms. The van der Waals surface area contributed by atoms with Crippen molar-refractivity contribution in [3.8, 4) is 6.01 Å². The second-order valence-corrected chi connectivity index (χ2v) is 4.64. The summed E-state index contributed by atoms with van der Waals surface area (Å²) in [5.74, 6) is 5.19. The van der Waals surface area contributed by atoms with E-state index in [-0.39, 0.29) is 42.0 Å². The molecule has 0 bridgehead atoms. The van der Waals surface area contributed by atoms with Crippen LogP contribution in [0.1, 0.15) is 13.3 Å². The summed E-state index contributed by atoms with van der Waals surface area (Å²) in [5, 5.41) is 2.65. The number of rotatable bonds is 8. The highest BCUT2D eigenvalue weighted by Gasteiger charge is 2.27. The van der Waals surface area contributed by atoms with Crippen molar-refractivity contribution in [3.63, 3.8) is 0 Å². The molecule has 4 N–H and O–H groups in total. The van der Waals surface area contributed by atoms with Gasteiger partial charge in [-0.15, -0.1) is 0 Å². The van der Waals surface area contributed by atoms with Crippen molar-refractivity contribution in [1.82, 2.24) is 15.0 Å². The smallest absolute Gasteiger partial charge is 0.441 e. The normalized spacial score (nSPS) is 11.2. The second kappa shape index (κ2) is 7.94. The van der Waals surface area contributed by atoms with E-state index >= 15 is 0 Å². The summed E-state index contributed by atoms with van der Waals surface area (Å²) in [6, 6.07) is 0.0563. The summed E-state index contributed by atoms with van der Waals surface area (Å²) in [6.07, 6.45) is 0.766. The van der Waals surface area contributed by atoms with Crippen molar-refractivity contribution in [2.24, 2.45) is 5.84 Å². The predicted octanol–water partition coefficient (Wildman–Crippen LogP) is 1.61. The summed E-state index contributed by atoms with van der Waals surface area (Å²) < 4.78 is 41.1. The molecule has 1 heterocycles. The van der Waals surface area contributed by atoms with Gasteiger partial charge in [0, 0.05) is 12.3 Å². The number of nitrogens with zero attached hydrogens (tertiary/aromatic N) is 3. The largest absolute Gasteiger partial charge is 0.463 e. The fraction of sp³-hybridized carbons (Fsp3) is 0.667. The molecule has 0 saturated heterocycles. The van der Waals surface area contributed by atoms with Crippen LogP contribution in [0.15, 0.2) is 0 Å². The van der Waals surface area contributed by atoms with Gasteiger partial charge in [-0.2, -0.15) is 28.1 Å². The first kappa shape index (κ1) is 16.6. The van der Waals surface area contributed by atoms with Crippen molar-refractivity contribution in [1.29, 1.82) is 0 Å². The SMILES string of the molecule is CCCOc1nc(NN)nc(NCCSC(F)(F)F)n1. The number of nitrogens with two attached hydrogens (primary N) is 1. The molecule has 1 aromatic rings. The quantitative estimate of drug-likeness (QED) is 0.378. The van der Waals surface area contributed by atoms with E-state index in [0.29, 0.717) is 6.61 Å². The summed E-state index contributed by atoms with van der Waals surface area (Å²) in [4.78, 5) is 11.6. The molecular formula is C9H15F3N6OS. The molecule has 20 heavy (non-hydrogen) atoms. The number of anilines is 2. The van der Waals surface area contributed by atoms with E-state index in [0.717, 1.165) is 6.42 Å². The second-order valence-electron chi connectivity index (χ2n) is 3.48. The van der Waals surface area contributed by atoms with Crippen LogP contribution in [-0.2, 0) is 0 Å². The zero-order valence-electron chi connectivity index (χ0n) is 10.7. The molecule has 0 unspecified atom stereocenters. The third-order valence-electron chi connectivity index (χ3n) is 1.83. The highest BCUT2D eigenvalue weighted by molar-refractivity contribution is 8.00. The predicted molar refractivity (Wildman–Crippen MR) is 70.4 cm³/mol. The van der Waals surface area contributed by atoms with Crippen LogP contribution in [0, 0.1) is 0 Å². The van der Waals surface area contributed by atoms with E-state index in [4.69, 9.17) is 10.6 Å². The molecule has 0 radical (unpaired) electrons. The maximum Gasteiger partial charge on any atom is 0.441 e. The topological polar surface area (TPSA) is 98.0 Å². The molecule has 114 valence electrons. The van der Waals surface area contributed by atoms with E-state index in [2.05, 4.69) is 25.7 Å². The van der Waals surface area contributed by atoms with Gasteiger partial charge in [0.15, 0.2) is 0 Å². The molecule has 0 aliphatic rings. The van der Waals surface area contributed by atoms with Gasteiger partial charge in [0.25, 0.3) is 0 Å². The lowest BCUT2D eigenvalue weighted by atomic mass is 10.5. The van der Waals surface area contributed by atoms with Gasteiger partial charge in [-0.25, -0.2) is 5.84 Å². The lowest BCUT2D eigenvalue weighted by Crippen LogP contribution is -2.16. The standard InChI is InChI=1S/C9H15F3N6OS/c1-2-4-19-8-16-6(15-7(17-8)18-13)14-3-5-20-9(10,11)12/h2-5,13H2,1H3,(H2,14,15,16,17,18). The summed E-state index contributed by atoms with van der Waals surface area (Å²) in [5.41, 5.74) is -2.02. The van der Waals surface area contributed by atoms with Gasteiger partial charge in [0.2, 0.25) is 11.9 Å². The Balaban J connectivity index is 2.55. The van der Waals surface area contributed by atoms with Crippen LogP contribution >= 0.6 is 11.8 Å². The van der Waals surface area contributed by atoms with Gasteiger partial charge in [-0.3, -0.25) is 5.43 Å². The average Bonchev–Trinajstić information content (AvgIpc) is 2.40. The minimum atomic E-state index is -4.25. The maximum atomic E-state index is 12.0. The Bertz CT molecular complexity index is 419. The Kier molecular flexibility index (Phi) is 6.58. The van der Waals surface area contributed by atoms with Gasteiger partial charge >= 0.3 is 11.5 Å². The molecule has 0 amide bonds. The van der Waals surface area contributed by atoms with Crippen LogP contribution in [0.5, 0.6) is 6.01 Å². The van der Waals surface area contributed by atoms with Crippen molar-refractivity contribution in [3.05, 3.63) is 0 Å². The molecule has 0 aromatic carbocycles. The maximum absolute atomic E-state index is 12.0. The Labute approximate surface area is 117 Å². The van der Waals surface area contributed by atoms with E-state index in [1.54, 1.807) is 0 Å². The lowest BCUT2D eigenvalue weighted by Gasteiger charge is -2.09. The number of hydrogen-bond donors (Lipinski definition) is 3. The molecule has 0 atom stereocenters. The monoisotopic (exact) mass is 312 g/mol. The van der Waals surface area contributed by atoms with Crippen LogP contribution in [0.25, 0.3) is 0 Å². The molecular weight excluding hydrogens is 297 g/mol. The first-order chi connectivity index (χ1) is 9.44. The van der Waals surface area contributed by atoms with Crippen LogP contribution in [0.4, 0.5) is 25.1 Å². The molecule has 7 nitrogen and oxygen atoms in total. The molecule has 0 saturated carbocycles. The number of hydrogen-bond acceptors (Lipinski definition) is 8.